The van der Waals surface area contributed by atoms with Gasteiger partial charge >= 0.3 is 0 Å². The van der Waals surface area contributed by atoms with Crippen LogP contribution in [0.25, 0.3) is 0 Å². The molecule has 1 heterocycles. The summed E-state index contributed by atoms with van der Waals surface area (Å²) in [4.78, 5) is 28.8. The van der Waals surface area contributed by atoms with E-state index in [2.05, 4.69) is 10.3 Å². The van der Waals surface area contributed by atoms with E-state index in [1.165, 1.54) is 0 Å². The minimum atomic E-state index is -0.306. The maximum atomic E-state index is 12.5. The minimum absolute atomic E-state index is 0.0979. The molecule has 1 aromatic rings. The van der Waals surface area contributed by atoms with Gasteiger partial charge in [-0.05, 0) is 68.9 Å². The summed E-state index contributed by atoms with van der Waals surface area (Å²) in [6, 6.07) is 5.66. The first-order chi connectivity index (χ1) is 11.0. The highest BCUT2D eigenvalue weighted by molar-refractivity contribution is 5.92. The number of hydrogen-bond donors (Lipinski definition) is 2. The molecular formula is C18H23N3O2. The molecule has 4 bridgehead atoms. The summed E-state index contributed by atoms with van der Waals surface area (Å²) in [5.41, 5.74) is 6.72. The van der Waals surface area contributed by atoms with Crippen LogP contribution in [-0.4, -0.2) is 22.8 Å². The molecule has 0 spiro atoms. The van der Waals surface area contributed by atoms with Gasteiger partial charge in [-0.25, -0.2) is 4.98 Å². The number of aromatic nitrogens is 1. The lowest BCUT2D eigenvalue weighted by Crippen LogP contribution is -2.62. The highest BCUT2D eigenvalue weighted by atomic mass is 16.2. The van der Waals surface area contributed by atoms with Crippen LogP contribution in [0.2, 0.25) is 0 Å². The zero-order valence-electron chi connectivity index (χ0n) is 13.4. The van der Waals surface area contributed by atoms with Crippen LogP contribution in [0, 0.1) is 30.1 Å². The van der Waals surface area contributed by atoms with Gasteiger partial charge in [0.25, 0.3) is 5.91 Å². The minimum Gasteiger partial charge on any atom is -0.369 e. The normalized spacial score (nSPS) is 37.6. The third kappa shape index (κ3) is 2.33. The summed E-state index contributed by atoms with van der Waals surface area (Å²) < 4.78 is 0. The lowest BCUT2D eigenvalue weighted by Gasteiger charge is -2.58. The van der Waals surface area contributed by atoms with Gasteiger partial charge in [0.15, 0.2) is 0 Å². The number of hydrogen-bond acceptors (Lipinski definition) is 3. The third-order valence-electron chi connectivity index (χ3n) is 6.21. The number of primary amides is 1. The van der Waals surface area contributed by atoms with Crippen LogP contribution in [0.1, 0.15) is 48.3 Å². The zero-order valence-corrected chi connectivity index (χ0v) is 13.4. The molecule has 4 aliphatic carbocycles. The second-order valence-electron chi connectivity index (χ2n) is 7.78. The van der Waals surface area contributed by atoms with Crippen molar-refractivity contribution in [3.63, 3.8) is 0 Å². The first-order valence-electron chi connectivity index (χ1n) is 8.51. The van der Waals surface area contributed by atoms with Crippen LogP contribution in [0.15, 0.2) is 18.2 Å². The van der Waals surface area contributed by atoms with Crippen LogP contribution in [0.3, 0.4) is 0 Å². The Bertz CT molecular complexity index is 656. The van der Waals surface area contributed by atoms with Crippen molar-refractivity contribution in [3.05, 3.63) is 29.6 Å². The molecule has 5 heteroatoms. The molecule has 0 aliphatic heterocycles. The van der Waals surface area contributed by atoms with Gasteiger partial charge in [0.1, 0.15) is 5.69 Å². The fourth-order valence-corrected chi connectivity index (χ4v) is 5.46. The van der Waals surface area contributed by atoms with Crippen LogP contribution in [0.4, 0.5) is 0 Å². The Morgan fingerprint density at radius 1 is 1.22 bits per heavy atom. The van der Waals surface area contributed by atoms with Crippen molar-refractivity contribution < 1.29 is 9.59 Å². The molecule has 23 heavy (non-hydrogen) atoms. The third-order valence-corrected chi connectivity index (χ3v) is 6.21. The van der Waals surface area contributed by atoms with Gasteiger partial charge in [0.05, 0.1) is 0 Å². The molecule has 3 N–H and O–H groups in total. The quantitative estimate of drug-likeness (QED) is 0.892. The number of rotatable bonds is 3. The van der Waals surface area contributed by atoms with E-state index in [9.17, 15) is 9.59 Å². The van der Waals surface area contributed by atoms with Crippen molar-refractivity contribution in [2.45, 2.75) is 45.1 Å². The Morgan fingerprint density at radius 2 is 1.91 bits per heavy atom. The standard InChI is InChI=1S/C18H23N3O2/c1-10-3-2-4-14(20-10)16(22)21-15-12-5-11-6-13(15)9-18(7-11,8-12)17(19)23/h2-4,11-13,15H,5-9H2,1H3,(H2,19,23)(H,21,22). The molecule has 122 valence electrons. The highest BCUT2D eigenvalue weighted by Gasteiger charge is 2.58. The Balaban J connectivity index is 1.53. The Labute approximate surface area is 136 Å². The van der Waals surface area contributed by atoms with Gasteiger partial charge in [-0.3, -0.25) is 9.59 Å². The molecule has 4 fully saturated rings. The van der Waals surface area contributed by atoms with Gasteiger partial charge in [-0.1, -0.05) is 6.07 Å². The number of aryl methyl sites for hydroxylation is 1. The SMILES string of the molecule is Cc1cccc(C(=O)NC2C3CC4CC2CC(C(N)=O)(C4)C3)n1. The molecule has 4 saturated carbocycles. The summed E-state index contributed by atoms with van der Waals surface area (Å²) >= 11 is 0. The first-order valence-corrected chi connectivity index (χ1v) is 8.51. The Kier molecular flexibility index (Phi) is 3.22. The predicted molar refractivity (Wildman–Crippen MR) is 85.4 cm³/mol. The highest BCUT2D eigenvalue weighted by Crippen LogP contribution is 2.59. The van der Waals surface area contributed by atoms with Gasteiger partial charge < -0.3 is 11.1 Å². The van der Waals surface area contributed by atoms with E-state index in [0.717, 1.165) is 37.8 Å². The first kappa shape index (κ1) is 14.7. The number of carbonyl (C=O) groups excluding carboxylic acids is 2. The number of nitrogens with one attached hydrogen (secondary N) is 1. The van der Waals surface area contributed by atoms with Crippen molar-refractivity contribution in [1.82, 2.24) is 10.3 Å². The number of pyridine rings is 1. The van der Waals surface area contributed by atoms with Gasteiger partial charge in [0.2, 0.25) is 5.91 Å². The van der Waals surface area contributed by atoms with E-state index in [0.29, 0.717) is 23.4 Å². The monoisotopic (exact) mass is 313 g/mol. The maximum absolute atomic E-state index is 12.5. The lowest BCUT2D eigenvalue weighted by atomic mass is 9.47. The van der Waals surface area contributed by atoms with E-state index in [4.69, 9.17) is 5.73 Å². The molecule has 2 unspecified atom stereocenters. The second kappa shape index (κ2) is 5.05. The average molecular weight is 313 g/mol. The van der Waals surface area contributed by atoms with Gasteiger partial charge in [0, 0.05) is 17.2 Å². The lowest BCUT2D eigenvalue weighted by molar-refractivity contribution is -0.145. The Morgan fingerprint density at radius 3 is 2.52 bits per heavy atom. The summed E-state index contributed by atoms with van der Waals surface area (Å²) in [5.74, 6) is 1.12. The fraction of sp³-hybridized carbons (Fsp3) is 0.611. The number of amides is 2. The van der Waals surface area contributed by atoms with E-state index >= 15 is 0 Å². The van der Waals surface area contributed by atoms with Crippen molar-refractivity contribution in [3.8, 4) is 0 Å². The number of nitrogens with zero attached hydrogens (tertiary/aromatic N) is 1. The Hall–Kier alpha value is -1.91. The zero-order chi connectivity index (χ0) is 16.2. The van der Waals surface area contributed by atoms with Crippen molar-refractivity contribution in [2.75, 3.05) is 0 Å². The second-order valence-corrected chi connectivity index (χ2v) is 7.78. The molecule has 0 saturated heterocycles. The van der Waals surface area contributed by atoms with E-state index in [1.807, 2.05) is 19.1 Å². The van der Waals surface area contributed by atoms with Crippen LogP contribution in [0.5, 0.6) is 0 Å². The van der Waals surface area contributed by atoms with Crippen LogP contribution in [-0.2, 0) is 4.79 Å². The summed E-state index contributed by atoms with van der Waals surface area (Å²) in [6.45, 7) is 1.89. The van der Waals surface area contributed by atoms with Crippen molar-refractivity contribution in [2.24, 2.45) is 28.9 Å². The summed E-state index contributed by atoms with van der Waals surface area (Å²) in [6.07, 6.45) is 4.84. The fourth-order valence-electron chi connectivity index (χ4n) is 5.46. The number of carbonyl (C=O) groups is 2. The predicted octanol–water partition coefficient (Wildman–Crippen LogP) is 1.80. The summed E-state index contributed by atoms with van der Waals surface area (Å²) in [5, 5.41) is 3.21. The molecule has 5 rings (SSSR count). The topological polar surface area (TPSA) is 85.1 Å². The smallest absolute Gasteiger partial charge is 0.270 e. The van der Waals surface area contributed by atoms with E-state index < -0.39 is 0 Å². The number of nitrogens with two attached hydrogens (primary N) is 1. The molecule has 5 nitrogen and oxygen atoms in total. The molecule has 0 aromatic carbocycles. The largest absolute Gasteiger partial charge is 0.369 e. The van der Waals surface area contributed by atoms with Gasteiger partial charge in [-0.15, -0.1) is 0 Å². The summed E-state index contributed by atoms with van der Waals surface area (Å²) in [7, 11) is 0. The molecule has 0 radical (unpaired) electrons. The maximum Gasteiger partial charge on any atom is 0.270 e. The molecule has 4 aliphatic rings. The van der Waals surface area contributed by atoms with Crippen molar-refractivity contribution in [1.29, 1.82) is 0 Å². The van der Waals surface area contributed by atoms with Gasteiger partial charge in [-0.2, -0.15) is 0 Å². The van der Waals surface area contributed by atoms with Crippen LogP contribution >= 0.6 is 0 Å². The molecule has 2 atom stereocenters. The van der Waals surface area contributed by atoms with E-state index in [-0.39, 0.29) is 23.3 Å². The molecule has 1 aromatic heterocycles. The molecular weight excluding hydrogens is 290 g/mol. The average Bonchev–Trinajstić information content (AvgIpc) is 2.50. The molecule has 2 amide bonds. The van der Waals surface area contributed by atoms with Crippen LogP contribution < -0.4 is 11.1 Å². The van der Waals surface area contributed by atoms with Crippen molar-refractivity contribution >= 4 is 11.8 Å². The van der Waals surface area contributed by atoms with E-state index in [1.54, 1.807) is 6.07 Å².